The lowest BCUT2D eigenvalue weighted by Crippen LogP contribution is -2.06. The molecule has 4 nitrogen and oxygen atoms in total. The van der Waals surface area contributed by atoms with Crippen LogP contribution in [0.5, 0.6) is 0 Å². The molecule has 1 heterocycles. The predicted molar refractivity (Wildman–Crippen MR) is 44.9 cm³/mol. The van der Waals surface area contributed by atoms with Crippen LogP contribution < -0.4 is 0 Å². The maximum atomic E-state index is 11.5. The van der Waals surface area contributed by atoms with E-state index in [1.807, 2.05) is 0 Å². The number of aryl methyl sites for hydroxylation is 1. The molecule has 1 aliphatic carbocycles. The Bertz CT molecular complexity index is 391. The molecule has 1 saturated carbocycles. The van der Waals surface area contributed by atoms with E-state index >= 15 is 0 Å². The summed E-state index contributed by atoms with van der Waals surface area (Å²) in [5, 5.41) is 7.84. The number of hydrogen-bond donors (Lipinski definition) is 0. The second kappa shape index (κ2) is 2.50. The Labute approximate surface area is 74.6 Å². The van der Waals surface area contributed by atoms with Crippen LogP contribution in [-0.2, 0) is 9.84 Å². The molecular formula is C6H8N2O2S2. The molecule has 6 heteroatoms. The first-order valence-electron chi connectivity index (χ1n) is 3.65. The third kappa shape index (κ3) is 1.25. The number of sulfone groups is 1. The van der Waals surface area contributed by atoms with Gasteiger partial charge in [-0.1, -0.05) is 11.3 Å². The van der Waals surface area contributed by atoms with Crippen LogP contribution in [0.4, 0.5) is 0 Å². The monoisotopic (exact) mass is 204 g/mol. The Morgan fingerprint density at radius 2 is 2.08 bits per heavy atom. The molecular weight excluding hydrogens is 196 g/mol. The lowest BCUT2D eigenvalue weighted by atomic mass is 10.9. The third-order valence-electron chi connectivity index (χ3n) is 1.71. The highest BCUT2D eigenvalue weighted by Crippen LogP contribution is 2.34. The molecule has 2 rings (SSSR count). The van der Waals surface area contributed by atoms with Crippen LogP contribution in [0.1, 0.15) is 17.8 Å². The summed E-state index contributed by atoms with van der Waals surface area (Å²) in [6.07, 6.45) is 1.56. The highest BCUT2D eigenvalue weighted by atomic mass is 32.2. The summed E-state index contributed by atoms with van der Waals surface area (Å²) in [5.41, 5.74) is 0. The fraction of sp³-hybridized carbons (Fsp3) is 0.667. The first-order valence-corrected chi connectivity index (χ1v) is 6.01. The Morgan fingerprint density at radius 1 is 1.42 bits per heavy atom. The van der Waals surface area contributed by atoms with Gasteiger partial charge in [-0.05, 0) is 19.8 Å². The summed E-state index contributed by atoms with van der Waals surface area (Å²) < 4.78 is 23.2. The first-order chi connectivity index (χ1) is 5.60. The normalized spacial score (nSPS) is 18.1. The Kier molecular flexibility index (Phi) is 1.69. The van der Waals surface area contributed by atoms with Crippen LogP contribution in [0.2, 0.25) is 0 Å². The van der Waals surface area contributed by atoms with E-state index in [4.69, 9.17) is 0 Å². The van der Waals surface area contributed by atoms with Crippen molar-refractivity contribution in [3.8, 4) is 0 Å². The van der Waals surface area contributed by atoms with Crippen molar-refractivity contribution in [3.05, 3.63) is 5.01 Å². The summed E-state index contributed by atoms with van der Waals surface area (Å²) in [7, 11) is -3.10. The predicted octanol–water partition coefficient (Wildman–Crippen LogP) is 0.783. The van der Waals surface area contributed by atoms with Crippen molar-refractivity contribution in [2.45, 2.75) is 29.4 Å². The largest absolute Gasteiger partial charge is 0.232 e. The van der Waals surface area contributed by atoms with Gasteiger partial charge in [-0.3, -0.25) is 0 Å². The van der Waals surface area contributed by atoms with Crippen molar-refractivity contribution in [2.24, 2.45) is 0 Å². The summed E-state index contributed by atoms with van der Waals surface area (Å²) in [6.45, 7) is 1.75. The van der Waals surface area contributed by atoms with E-state index in [1.54, 1.807) is 6.92 Å². The number of rotatable bonds is 2. The number of hydrogen-bond acceptors (Lipinski definition) is 5. The summed E-state index contributed by atoms with van der Waals surface area (Å²) in [6, 6.07) is 0. The van der Waals surface area contributed by atoms with E-state index in [-0.39, 0.29) is 9.59 Å². The van der Waals surface area contributed by atoms with E-state index in [0.717, 1.165) is 24.2 Å². The molecule has 1 fully saturated rings. The van der Waals surface area contributed by atoms with E-state index in [2.05, 4.69) is 10.2 Å². The minimum Gasteiger partial charge on any atom is -0.221 e. The molecule has 0 spiro atoms. The van der Waals surface area contributed by atoms with E-state index in [0.29, 0.717) is 5.01 Å². The highest BCUT2D eigenvalue weighted by Gasteiger charge is 2.39. The molecule has 1 aromatic rings. The van der Waals surface area contributed by atoms with Gasteiger partial charge in [0.15, 0.2) is 0 Å². The fourth-order valence-electron chi connectivity index (χ4n) is 0.914. The molecule has 12 heavy (non-hydrogen) atoms. The van der Waals surface area contributed by atoms with Gasteiger partial charge < -0.3 is 0 Å². The van der Waals surface area contributed by atoms with Gasteiger partial charge in [-0.15, -0.1) is 10.2 Å². The quantitative estimate of drug-likeness (QED) is 0.714. The minimum atomic E-state index is -3.10. The van der Waals surface area contributed by atoms with Crippen LogP contribution in [0, 0.1) is 6.92 Å². The molecule has 66 valence electrons. The van der Waals surface area contributed by atoms with Gasteiger partial charge in [0, 0.05) is 0 Å². The Hall–Kier alpha value is -0.490. The van der Waals surface area contributed by atoms with E-state index in [1.165, 1.54) is 0 Å². The zero-order valence-corrected chi connectivity index (χ0v) is 8.15. The van der Waals surface area contributed by atoms with Gasteiger partial charge in [0.05, 0.1) is 5.25 Å². The van der Waals surface area contributed by atoms with Gasteiger partial charge in [0.2, 0.25) is 14.2 Å². The smallest absolute Gasteiger partial charge is 0.221 e. The van der Waals surface area contributed by atoms with E-state index < -0.39 is 9.84 Å². The van der Waals surface area contributed by atoms with Gasteiger partial charge in [0.25, 0.3) is 0 Å². The van der Waals surface area contributed by atoms with Crippen molar-refractivity contribution in [3.63, 3.8) is 0 Å². The Balaban J connectivity index is 2.41. The summed E-state index contributed by atoms with van der Waals surface area (Å²) >= 11 is 1.15. The van der Waals surface area contributed by atoms with Crippen LogP contribution >= 0.6 is 11.3 Å². The van der Waals surface area contributed by atoms with Crippen molar-refractivity contribution in [1.29, 1.82) is 0 Å². The molecule has 0 aromatic carbocycles. The highest BCUT2D eigenvalue weighted by molar-refractivity contribution is 7.94. The molecule has 0 N–H and O–H groups in total. The van der Waals surface area contributed by atoms with Crippen LogP contribution in [0.15, 0.2) is 4.34 Å². The average molecular weight is 204 g/mol. The lowest BCUT2D eigenvalue weighted by Gasteiger charge is -1.92. The minimum absolute atomic E-state index is 0.176. The van der Waals surface area contributed by atoms with Crippen LogP contribution in [0.3, 0.4) is 0 Å². The van der Waals surface area contributed by atoms with Crippen molar-refractivity contribution in [1.82, 2.24) is 10.2 Å². The summed E-state index contributed by atoms with van der Waals surface area (Å²) in [4.78, 5) is 0. The van der Waals surface area contributed by atoms with Crippen molar-refractivity contribution >= 4 is 21.2 Å². The SMILES string of the molecule is Cc1nnc(S(=O)(=O)C2CC2)s1. The first kappa shape index (κ1) is 8.12. The molecule has 0 saturated heterocycles. The zero-order valence-electron chi connectivity index (χ0n) is 6.52. The second-order valence-electron chi connectivity index (χ2n) is 2.83. The topological polar surface area (TPSA) is 59.9 Å². The van der Waals surface area contributed by atoms with Crippen molar-refractivity contribution < 1.29 is 8.42 Å². The molecule has 0 amide bonds. The number of aromatic nitrogens is 2. The maximum absolute atomic E-state index is 11.5. The standard InChI is InChI=1S/C6H8N2O2S2/c1-4-7-8-6(11-4)12(9,10)5-2-3-5/h5H,2-3H2,1H3. The van der Waals surface area contributed by atoms with Gasteiger partial charge >= 0.3 is 0 Å². The molecule has 0 radical (unpaired) electrons. The molecule has 1 aromatic heterocycles. The van der Waals surface area contributed by atoms with Crippen LogP contribution in [0.25, 0.3) is 0 Å². The molecule has 0 aliphatic heterocycles. The maximum Gasteiger partial charge on any atom is 0.232 e. The van der Waals surface area contributed by atoms with Crippen LogP contribution in [-0.4, -0.2) is 23.9 Å². The zero-order chi connectivity index (χ0) is 8.77. The van der Waals surface area contributed by atoms with Crippen molar-refractivity contribution in [2.75, 3.05) is 0 Å². The van der Waals surface area contributed by atoms with Gasteiger partial charge in [-0.2, -0.15) is 0 Å². The number of nitrogens with zero attached hydrogens (tertiary/aromatic N) is 2. The second-order valence-corrected chi connectivity index (χ2v) is 6.41. The molecule has 0 atom stereocenters. The summed E-state index contributed by atoms with van der Waals surface area (Å²) in [5.74, 6) is 0. The molecule has 0 bridgehead atoms. The average Bonchev–Trinajstić information content (AvgIpc) is 2.75. The van der Waals surface area contributed by atoms with E-state index in [9.17, 15) is 8.42 Å². The fourth-order valence-corrected chi connectivity index (χ4v) is 3.76. The molecule has 0 unspecified atom stereocenters. The van der Waals surface area contributed by atoms with Gasteiger partial charge in [-0.25, -0.2) is 8.42 Å². The Morgan fingerprint density at radius 3 is 2.50 bits per heavy atom. The lowest BCUT2D eigenvalue weighted by molar-refractivity contribution is 0.592. The molecule has 1 aliphatic rings. The van der Waals surface area contributed by atoms with Gasteiger partial charge in [0.1, 0.15) is 5.01 Å². The third-order valence-corrected chi connectivity index (χ3v) is 5.21.